The van der Waals surface area contributed by atoms with E-state index in [1.807, 2.05) is 37.3 Å². The van der Waals surface area contributed by atoms with Crippen molar-refractivity contribution >= 4 is 28.8 Å². The number of benzene rings is 2. The third kappa shape index (κ3) is 2.73. The minimum Gasteiger partial charge on any atom is -0.454 e. The number of fused-ring (bicyclic) bond motifs is 1. The smallest absolute Gasteiger partial charge is 0.153 e. The molecule has 0 atom stereocenters. The highest BCUT2D eigenvalue weighted by Crippen LogP contribution is 2.33. The molecule has 0 N–H and O–H groups in total. The fraction of sp³-hybridized carbons (Fsp3) is 0.0588. The number of rotatable bonds is 3. The molecular weight excluding hydrogens is 286 g/mol. The van der Waals surface area contributed by atoms with E-state index in [4.69, 9.17) is 16.3 Å². The van der Waals surface area contributed by atoms with Gasteiger partial charge in [-0.3, -0.25) is 4.79 Å². The molecule has 3 rings (SSSR count). The van der Waals surface area contributed by atoms with Crippen LogP contribution in [0.2, 0.25) is 5.02 Å². The lowest BCUT2D eigenvalue weighted by Gasteiger charge is -2.10. The Balaban J connectivity index is 2.05. The lowest BCUT2D eigenvalue weighted by Crippen LogP contribution is -1.91. The summed E-state index contributed by atoms with van der Waals surface area (Å²) < 4.78 is 5.87. The van der Waals surface area contributed by atoms with E-state index in [1.165, 1.54) is 0 Å². The molecule has 0 spiro atoms. The number of ether oxygens (including phenoxy) is 1. The van der Waals surface area contributed by atoms with Crippen molar-refractivity contribution in [2.45, 2.75) is 6.92 Å². The third-order valence-corrected chi connectivity index (χ3v) is 3.43. The van der Waals surface area contributed by atoms with E-state index < -0.39 is 0 Å². The maximum atomic E-state index is 10.7. The molecule has 1 aromatic heterocycles. The molecule has 0 radical (unpaired) electrons. The second-order valence-corrected chi connectivity index (χ2v) is 5.10. The number of aromatic nitrogens is 1. The zero-order chi connectivity index (χ0) is 14.8. The Kier molecular flexibility index (Phi) is 3.59. The van der Waals surface area contributed by atoms with Gasteiger partial charge in [0.05, 0.1) is 5.02 Å². The number of para-hydroxylation sites is 1. The molecule has 4 heteroatoms. The first-order chi connectivity index (χ1) is 10.2. The van der Waals surface area contributed by atoms with Gasteiger partial charge in [-0.1, -0.05) is 29.8 Å². The predicted octanol–water partition coefficient (Wildman–Crippen LogP) is 4.80. The number of pyridine rings is 1. The SMILES string of the molecule is Cc1ccc2cccc(Oc3ccc(C=O)cc3Cl)c2n1. The highest BCUT2D eigenvalue weighted by Gasteiger charge is 2.08. The molecule has 0 aliphatic rings. The van der Waals surface area contributed by atoms with Crippen LogP contribution >= 0.6 is 11.6 Å². The van der Waals surface area contributed by atoms with Crippen LogP contribution in [-0.4, -0.2) is 11.3 Å². The Bertz CT molecular complexity index is 830. The molecule has 0 saturated heterocycles. The number of hydrogen-bond acceptors (Lipinski definition) is 3. The van der Waals surface area contributed by atoms with Crippen LogP contribution in [-0.2, 0) is 0 Å². The lowest BCUT2D eigenvalue weighted by atomic mass is 10.2. The van der Waals surface area contributed by atoms with E-state index in [1.54, 1.807) is 18.2 Å². The standard InChI is InChI=1S/C17H12ClNO2/c1-11-5-7-13-3-2-4-16(17(13)19-11)21-15-8-6-12(10-20)9-14(15)18/h2-10H,1H3. The Hall–Kier alpha value is -2.39. The van der Waals surface area contributed by atoms with Gasteiger partial charge >= 0.3 is 0 Å². The molecule has 1 heterocycles. The van der Waals surface area contributed by atoms with Gasteiger partial charge in [0.25, 0.3) is 0 Å². The Morgan fingerprint density at radius 1 is 1.10 bits per heavy atom. The molecular formula is C17H12ClNO2. The minimum absolute atomic E-state index is 0.393. The van der Waals surface area contributed by atoms with Crippen LogP contribution in [0.15, 0.2) is 48.5 Å². The van der Waals surface area contributed by atoms with Crippen LogP contribution in [0.5, 0.6) is 11.5 Å². The van der Waals surface area contributed by atoms with Crippen LogP contribution in [0, 0.1) is 6.92 Å². The Morgan fingerprint density at radius 3 is 2.71 bits per heavy atom. The van der Waals surface area contributed by atoms with Crippen molar-refractivity contribution in [1.29, 1.82) is 0 Å². The van der Waals surface area contributed by atoms with E-state index >= 15 is 0 Å². The van der Waals surface area contributed by atoms with Crippen molar-refractivity contribution in [1.82, 2.24) is 4.98 Å². The summed E-state index contributed by atoms with van der Waals surface area (Å²) in [6, 6.07) is 14.6. The fourth-order valence-corrected chi connectivity index (χ4v) is 2.32. The average molecular weight is 298 g/mol. The van der Waals surface area contributed by atoms with E-state index in [-0.39, 0.29) is 0 Å². The summed E-state index contributed by atoms with van der Waals surface area (Å²) in [6.45, 7) is 1.93. The van der Waals surface area contributed by atoms with Crippen LogP contribution in [0.4, 0.5) is 0 Å². The molecule has 3 nitrogen and oxygen atoms in total. The van der Waals surface area contributed by atoms with E-state index in [0.717, 1.165) is 22.9 Å². The van der Waals surface area contributed by atoms with Gasteiger partial charge in [-0.2, -0.15) is 0 Å². The molecule has 2 aromatic carbocycles. The van der Waals surface area contributed by atoms with Crippen LogP contribution in [0.1, 0.15) is 16.1 Å². The molecule has 3 aromatic rings. The predicted molar refractivity (Wildman–Crippen MR) is 83.4 cm³/mol. The Labute approximate surface area is 127 Å². The molecule has 0 aliphatic carbocycles. The zero-order valence-electron chi connectivity index (χ0n) is 11.3. The van der Waals surface area contributed by atoms with Crippen LogP contribution in [0.3, 0.4) is 0 Å². The molecule has 0 saturated carbocycles. The summed E-state index contributed by atoms with van der Waals surface area (Å²) in [4.78, 5) is 15.2. The van der Waals surface area contributed by atoms with E-state index in [9.17, 15) is 4.79 Å². The summed E-state index contributed by atoms with van der Waals surface area (Å²) in [5.74, 6) is 1.13. The van der Waals surface area contributed by atoms with Gasteiger partial charge in [-0.15, -0.1) is 0 Å². The third-order valence-electron chi connectivity index (χ3n) is 3.13. The maximum absolute atomic E-state index is 10.7. The first kappa shape index (κ1) is 13.6. The molecule has 0 unspecified atom stereocenters. The van der Waals surface area contributed by atoms with Crippen molar-refractivity contribution < 1.29 is 9.53 Å². The number of halogens is 1. The van der Waals surface area contributed by atoms with Crippen molar-refractivity contribution in [3.63, 3.8) is 0 Å². The van der Waals surface area contributed by atoms with Gasteiger partial charge in [0.2, 0.25) is 0 Å². The fourth-order valence-electron chi connectivity index (χ4n) is 2.09. The highest BCUT2D eigenvalue weighted by atomic mass is 35.5. The number of aldehydes is 1. The van der Waals surface area contributed by atoms with Crippen LogP contribution in [0.25, 0.3) is 10.9 Å². The number of nitrogens with zero attached hydrogens (tertiary/aromatic N) is 1. The summed E-state index contributed by atoms with van der Waals surface area (Å²) in [5.41, 5.74) is 2.22. The second-order valence-electron chi connectivity index (χ2n) is 4.69. The monoisotopic (exact) mass is 297 g/mol. The summed E-state index contributed by atoms with van der Waals surface area (Å²) in [6.07, 6.45) is 0.749. The Morgan fingerprint density at radius 2 is 1.95 bits per heavy atom. The van der Waals surface area contributed by atoms with Gasteiger partial charge in [0.1, 0.15) is 17.6 Å². The van der Waals surface area contributed by atoms with E-state index in [0.29, 0.717) is 22.1 Å². The van der Waals surface area contributed by atoms with E-state index in [2.05, 4.69) is 4.98 Å². The van der Waals surface area contributed by atoms with Gasteiger partial charge in [-0.25, -0.2) is 4.98 Å². The molecule has 0 fully saturated rings. The quantitative estimate of drug-likeness (QED) is 0.652. The second kappa shape index (κ2) is 5.54. The van der Waals surface area contributed by atoms with Gasteiger partial charge in [0.15, 0.2) is 5.75 Å². The number of hydrogen-bond donors (Lipinski definition) is 0. The average Bonchev–Trinajstić information content (AvgIpc) is 2.49. The molecule has 104 valence electrons. The summed E-state index contributed by atoms with van der Waals surface area (Å²) in [7, 11) is 0. The molecule has 21 heavy (non-hydrogen) atoms. The first-order valence-electron chi connectivity index (χ1n) is 6.46. The number of aryl methyl sites for hydroxylation is 1. The van der Waals surface area contributed by atoms with Gasteiger partial charge in [0, 0.05) is 16.6 Å². The molecule has 0 amide bonds. The van der Waals surface area contributed by atoms with Gasteiger partial charge < -0.3 is 4.74 Å². The molecule has 0 aliphatic heterocycles. The van der Waals surface area contributed by atoms with Crippen molar-refractivity contribution in [3.8, 4) is 11.5 Å². The number of carbonyl (C=O) groups is 1. The van der Waals surface area contributed by atoms with Gasteiger partial charge in [-0.05, 0) is 37.3 Å². The number of carbonyl (C=O) groups excluding carboxylic acids is 1. The lowest BCUT2D eigenvalue weighted by molar-refractivity contribution is 0.112. The van der Waals surface area contributed by atoms with Crippen LogP contribution < -0.4 is 4.74 Å². The van der Waals surface area contributed by atoms with Crippen molar-refractivity contribution in [3.05, 3.63) is 64.8 Å². The highest BCUT2D eigenvalue weighted by molar-refractivity contribution is 6.32. The normalized spacial score (nSPS) is 10.6. The molecule has 0 bridgehead atoms. The largest absolute Gasteiger partial charge is 0.454 e. The summed E-state index contributed by atoms with van der Waals surface area (Å²) >= 11 is 6.14. The maximum Gasteiger partial charge on any atom is 0.153 e. The first-order valence-corrected chi connectivity index (χ1v) is 6.84. The zero-order valence-corrected chi connectivity index (χ0v) is 12.1. The topological polar surface area (TPSA) is 39.2 Å². The van der Waals surface area contributed by atoms with Crippen molar-refractivity contribution in [2.24, 2.45) is 0 Å². The minimum atomic E-state index is 0.393. The van der Waals surface area contributed by atoms with Crippen molar-refractivity contribution in [2.75, 3.05) is 0 Å². The summed E-state index contributed by atoms with van der Waals surface area (Å²) in [5, 5.41) is 1.39.